The molecule has 0 radical (unpaired) electrons. The quantitative estimate of drug-likeness (QED) is 0.638. The third-order valence-corrected chi connectivity index (χ3v) is 3.08. The zero-order chi connectivity index (χ0) is 12.7. The minimum atomic E-state index is 0.00665. The van der Waals surface area contributed by atoms with Gasteiger partial charge in [-0.3, -0.25) is 4.79 Å². The van der Waals surface area contributed by atoms with Crippen LogP contribution in [-0.2, 0) is 4.79 Å². The molecular weight excluding hydrogens is 305 g/mol. The Morgan fingerprint density at radius 3 is 2.82 bits per heavy atom. The summed E-state index contributed by atoms with van der Waals surface area (Å²) < 4.78 is 5.03. The minimum absolute atomic E-state index is 0.00665. The topological polar surface area (TPSA) is 38.3 Å². The number of carbonyl (C=O) groups is 1. The Labute approximate surface area is 115 Å². The van der Waals surface area contributed by atoms with E-state index in [0.717, 1.165) is 18.2 Å². The molecule has 1 aromatic carbocycles. The molecule has 0 fully saturated rings. The number of halogens is 2. The highest BCUT2D eigenvalue weighted by molar-refractivity contribution is 9.09. The summed E-state index contributed by atoms with van der Waals surface area (Å²) in [5.41, 5.74) is 0.694. The van der Waals surface area contributed by atoms with E-state index < -0.39 is 0 Å². The van der Waals surface area contributed by atoms with Gasteiger partial charge in [0.15, 0.2) is 0 Å². The summed E-state index contributed by atoms with van der Waals surface area (Å²) in [5, 5.41) is 4.22. The molecular formula is C12H15BrClNO2. The summed E-state index contributed by atoms with van der Waals surface area (Å²) in [6.45, 7) is 0. The SMILES string of the molecule is COc1ccc(NC(=O)CCCCBr)cc1Cl. The van der Waals surface area contributed by atoms with Gasteiger partial charge >= 0.3 is 0 Å². The van der Waals surface area contributed by atoms with Crippen LogP contribution in [0.5, 0.6) is 5.75 Å². The molecule has 17 heavy (non-hydrogen) atoms. The standard InChI is InChI=1S/C12H15BrClNO2/c1-17-11-6-5-9(8-10(11)14)15-12(16)4-2-3-7-13/h5-6,8H,2-4,7H2,1H3,(H,15,16). The summed E-state index contributed by atoms with van der Waals surface area (Å²) in [7, 11) is 1.56. The first-order chi connectivity index (χ1) is 8.17. The second-order valence-corrected chi connectivity index (χ2v) is 4.74. The zero-order valence-electron chi connectivity index (χ0n) is 9.63. The monoisotopic (exact) mass is 319 g/mol. The average molecular weight is 321 g/mol. The lowest BCUT2D eigenvalue weighted by molar-refractivity contribution is -0.116. The van der Waals surface area contributed by atoms with Crippen LogP contribution in [0.4, 0.5) is 5.69 Å². The number of rotatable bonds is 6. The predicted octanol–water partition coefficient (Wildman–Crippen LogP) is 3.85. The van der Waals surface area contributed by atoms with Crippen LogP contribution < -0.4 is 10.1 Å². The van der Waals surface area contributed by atoms with Crippen LogP contribution in [0, 0.1) is 0 Å². The molecule has 0 aliphatic carbocycles. The molecule has 1 amide bonds. The van der Waals surface area contributed by atoms with Gasteiger partial charge < -0.3 is 10.1 Å². The predicted molar refractivity (Wildman–Crippen MR) is 74.3 cm³/mol. The van der Waals surface area contributed by atoms with Crippen molar-refractivity contribution in [3.8, 4) is 5.75 Å². The number of hydrogen-bond donors (Lipinski definition) is 1. The molecule has 0 aromatic heterocycles. The Bertz CT molecular complexity index is 385. The highest BCUT2D eigenvalue weighted by atomic mass is 79.9. The molecule has 0 saturated heterocycles. The number of methoxy groups -OCH3 is 1. The molecule has 0 heterocycles. The summed E-state index contributed by atoms with van der Waals surface area (Å²) in [5.74, 6) is 0.608. The number of nitrogens with one attached hydrogen (secondary N) is 1. The smallest absolute Gasteiger partial charge is 0.224 e. The van der Waals surface area contributed by atoms with Crippen LogP contribution in [0.1, 0.15) is 19.3 Å². The lowest BCUT2D eigenvalue weighted by atomic mass is 10.2. The van der Waals surface area contributed by atoms with Crippen LogP contribution in [0.25, 0.3) is 0 Å². The van der Waals surface area contributed by atoms with Crippen molar-refractivity contribution in [2.24, 2.45) is 0 Å². The van der Waals surface area contributed by atoms with Gasteiger partial charge in [-0.2, -0.15) is 0 Å². The van der Waals surface area contributed by atoms with Crippen LogP contribution in [0.3, 0.4) is 0 Å². The maximum absolute atomic E-state index is 11.6. The number of unbranched alkanes of at least 4 members (excludes halogenated alkanes) is 1. The van der Waals surface area contributed by atoms with Gasteiger partial charge in [0, 0.05) is 17.4 Å². The Morgan fingerprint density at radius 1 is 1.47 bits per heavy atom. The highest BCUT2D eigenvalue weighted by Crippen LogP contribution is 2.27. The van der Waals surface area contributed by atoms with Crippen molar-refractivity contribution in [3.63, 3.8) is 0 Å². The molecule has 0 saturated carbocycles. The number of benzene rings is 1. The first kappa shape index (κ1) is 14.3. The van der Waals surface area contributed by atoms with Crippen molar-refractivity contribution in [1.82, 2.24) is 0 Å². The number of hydrogen-bond acceptors (Lipinski definition) is 2. The van der Waals surface area contributed by atoms with E-state index >= 15 is 0 Å². The number of alkyl halides is 1. The third-order valence-electron chi connectivity index (χ3n) is 2.22. The molecule has 0 aliphatic rings. The van der Waals surface area contributed by atoms with Crippen molar-refractivity contribution in [1.29, 1.82) is 0 Å². The summed E-state index contributed by atoms with van der Waals surface area (Å²) in [4.78, 5) is 11.6. The molecule has 1 N–H and O–H groups in total. The first-order valence-electron chi connectivity index (χ1n) is 5.36. The number of ether oxygens (including phenoxy) is 1. The zero-order valence-corrected chi connectivity index (χ0v) is 12.0. The molecule has 3 nitrogen and oxygen atoms in total. The maximum atomic E-state index is 11.6. The van der Waals surface area contributed by atoms with Gasteiger partial charge in [0.05, 0.1) is 12.1 Å². The largest absolute Gasteiger partial charge is 0.495 e. The minimum Gasteiger partial charge on any atom is -0.495 e. The Morgan fingerprint density at radius 2 is 2.24 bits per heavy atom. The van der Waals surface area contributed by atoms with Gasteiger partial charge in [-0.1, -0.05) is 27.5 Å². The fourth-order valence-electron chi connectivity index (χ4n) is 1.35. The van der Waals surface area contributed by atoms with E-state index in [0.29, 0.717) is 22.9 Å². The van der Waals surface area contributed by atoms with E-state index in [4.69, 9.17) is 16.3 Å². The van der Waals surface area contributed by atoms with Crippen molar-refractivity contribution in [2.75, 3.05) is 17.8 Å². The van der Waals surface area contributed by atoms with Gasteiger partial charge in [-0.05, 0) is 31.0 Å². The summed E-state index contributed by atoms with van der Waals surface area (Å²) in [6, 6.07) is 5.19. The molecule has 0 atom stereocenters. The van der Waals surface area contributed by atoms with E-state index in [1.807, 2.05) is 0 Å². The van der Waals surface area contributed by atoms with Gasteiger partial charge in [-0.25, -0.2) is 0 Å². The van der Waals surface area contributed by atoms with Crippen molar-refractivity contribution < 1.29 is 9.53 Å². The lowest BCUT2D eigenvalue weighted by Gasteiger charge is -2.07. The van der Waals surface area contributed by atoms with Crippen LogP contribution >= 0.6 is 27.5 Å². The van der Waals surface area contributed by atoms with Gasteiger partial charge in [0.1, 0.15) is 5.75 Å². The average Bonchev–Trinajstić information content (AvgIpc) is 2.29. The molecule has 0 bridgehead atoms. The fraction of sp³-hybridized carbons (Fsp3) is 0.417. The molecule has 1 rings (SSSR count). The van der Waals surface area contributed by atoms with E-state index in [9.17, 15) is 4.79 Å². The van der Waals surface area contributed by atoms with Gasteiger partial charge in [-0.15, -0.1) is 0 Å². The first-order valence-corrected chi connectivity index (χ1v) is 6.86. The molecule has 0 aliphatic heterocycles. The van der Waals surface area contributed by atoms with Crippen molar-refractivity contribution in [3.05, 3.63) is 23.2 Å². The van der Waals surface area contributed by atoms with E-state index in [1.54, 1.807) is 25.3 Å². The van der Waals surface area contributed by atoms with E-state index in [-0.39, 0.29) is 5.91 Å². The lowest BCUT2D eigenvalue weighted by Crippen LogP contribution is -2.11. The number of amides is 1. The highest BCUT2D eigenvalue weighted by Gasteiger charge is 2.05. The molecule has 0 spiro atoms. The molecule has 0 unspecified atom stereocenters. The number of carbonyl (C=O) groups excluding carboxylic acids is 1. The van der Waals surface area contributed by atoms with Crippen LogP contribution in [0.15, 0.2) is 18.2 Å². The summed E-state index contributed by atoms with van der Waals surface area (Å²) in [6.07, 6.45) is 2.40. The fourth-order valence-corrected chi connectivity index (χ4v) is 2.00. The van der Waals surface area contributed by atoms with Gasteiger partial charge in [0.2, 0.25) is 5.91 Å². The van der Waals surface area contributed by atoms with Crippen LogP contribution in [-0.4, -0.2) is 18.3 Å². The third kappa shape index (κ3) is 4.96. The van der Waals surface area contributed by atoms with Crippen LogP contribution in [0.2, 0.25) is 5.02 Å². The molecule has 1 aromatic rings. The Kier molecular flexibility index (Phi) is 6.37. The maximum Gasteiger partial charge on any atom is 0.224 e. The molecule has 94 valence electrons. The summed E-state index contributed by atoms with van der Waals surface area (Å²) >= 11 is 9.29. The van der Waals surface area contributed by atoms with Crippen molar-refractivity contribution >= 4 is 39.1 Å². The Hall–Kier alpha value is -0.740. The normalized spacial score (nSPS) is 10.1. The Balaban J connectivity index is 2.51. The number of anilines is 1. The second-order valence-electron chi connectivity index (χ2n) is 3.54. The van der Waals surface area contributed by atoms with Crippen molar-refractivity contribution in [2.45, 2.75) is 19.3 Å². The van der Waals surface area contributed by atoms with E-state index in [2.05, 4.69) is 21.2 Å². The molecule has 5 heteroatoms. The van der Waals surface area contributed by atoms with E-state index in [1.165, 1.54) is 0 Å². The van der Waals surface area contributed by atoms with Gasteiger partial charge in [0.25, 0.3) is 0 Å². The second kappa shape index (κ2) is 7.56.